The lowest BCUT2D eigenvalue weighted by Gasteiger charge is -2.15. The van der Waals surface area contributed by atoms with E-state index in [4.69, 9.17) is 16.3 Å². The quantitative estimate of drug-likeness (QED) is 0.794. The van der Waals surface area contributed by atoms with Crippen LogP contribution >= 0.6 is 11.6 Å². The van der Waals surface area contributed by atoms with E-state index in [2.05, 4.69) is 4.98 Å². The van der Waals surface area contributed by atoms with E-state index in [0.717, 1.165) is 18.3 Å². The third-order valence-electron chi connectivity index (χ3n) is 3.12. The summed E-state index contributed by atoms with van der Waals surface area (Å²) in [5, 5.41) is -0.663. The second-order valence-corrected chi connectivity index (χ2v) is 7.63. The van der Waals surface area contributed by atoms with Gasteiger partial charge in [-0.3, -0.25) is 4.79 Å². The number of halogens is 4. The molecule has 1 aromatic heterocycles. The Morgan fingerprint density at radius 2 is 1.89 bits per heavy atom. The number of ether oxygens (including phenoxy) is 1. The number of hydrogen-bond donors (Lipinski definition) is 1. The van der Waals surface area contributed by atoms with Gasteiger partial charge in [-0.1, -0.05) is 17.7 Å². The van der Waals surface area contributed by atoms with Crippen molar-refractivity contribution in [2.75, 3.05) is 0 Å². The normalized spacial score (nSPS) is 12.1. The van der Waals surface area contributed by atoms with Crippen molar-refractivity contribution in [2.24, 2.45) is 0 Å². The number of aromatic nitrogens is 1. The van der Waals surface area contributed by atoms with E-state index in [-0.39, 0.29) is 17.5 Å². The molecule has 2 aromatic rings. The number of nitrogens with zero attached hydrogens (tertiary/aromatic N) is 1. The zero-order valence-corrected chi connectivity index (χ0v) is 15.6. The minimum Gasteiger partial charge on any atom is -0.475 e. The lowest BCUT2D eigenvalue weighted by atomic mass is 10.2. The number of sulfonamides is 1. The van der Waals surface area contributed by atoms with Crippen LogP contribution in [0.15, 0.2) is 41.4 Å². The lowest BCUT2D eigenvalue weighted by molar-refractivity contribution is -0.139. The van der Waals surface area contributed by atoms with Crippen LogP contribution in [0.5, 0.6) is 5.88 Å². The van der Waals surface area contributed by atoms with Crippen molar-refractivity contribution in [3.63, 3.8) is 0 Å². The van der Waals surface area contributed by atoms with Crippen LogP contribution in [-0.4, -0.2) is 25.4 Å². The van der Waals surface area contributed by atoms with Gasteiger partial charge in [0, 0.05) is 12.3 Å². The fraction of sp³-hybridized carbons (Fsp3) is 0.250. The Morgan fingerprint density at radius 1 is 1.22 bits per heavy atom. The molecule has 1 aromatic carbocycles. The first kappa shape index (κ1) is 21.0. The zero-order valence-electron chi connectivity index (χ0n) is 14.0. The van der Waals surface area contributed by atoms with E-state index in [9.17, 15) is 26.4 Å². The van der Waals surface area contributed by atoms with Gasteiger partial charge in [0.05, 0.1) is 22.3 Å². The average molecular weight is 423 g/mol. The van der Waals surface area contributed by atoms with Crippen LogP contribution in [0.25, 0.3) is 0 Å². The molecule has 6 nitrogen and oxygen atoms in total. The molecule has 0 radical (unpaired) electrons. The Hall–Kier alpha value is -2.33. The summed E-state index contributed by atoms with van der Waals surface area (Å²) < 4.78 is 70.9. The third-order valence-corrected chi connectivity index (χ3v) is 4.98. The van der Waals surface area contributed by atoms with Crippen LogP contribution in [-0.2, 0) is 16.2 Å². The Morgan fingerprint density at radius 3 is 2.41 bits per heavy atom. The molecule has 0 fully saturated rings. The first-order chi connectivity index (χ1) is 12.4. The molecule has 1 N–H and O–H groups in total. The first-order valence-corrected chi connectivity index (χ1v) is 9.33. The number of pyridine rings is 1. The highest BCUT2D eigenvalue weighted by atomic mass is 35.5. The van der Waals surface area contributed by atoms with Gasteiger partial charge >= 0.3 is 6.18 Å². The number of nitrogens with one attached hydrogen (secondary N) is 1. The van der Waals surface area contributed by atoms with Crippen LogP contribution in [0.3, 0.4) is 0 Å². The zero-order chi connectivity index (χ0) is 20.4. The molecule has 1 heterocycles. The second kappa shape index (κ2) is 7.73. The average Bonchev–Trinajstić information content (AvgIpc) is 2.53. The van der Waals surface area contributed by atoms with Crippen molar-refractivity contribution in [1.29, 1.82) is 0 Å². The highest BCUT2D eigenvalue weighted by molar-refractivity contribution is 7.90. The fourth-order valence-corrected chi connectivity index (χ4v) is 3.80. The van der Waals surface area contributed by atoms with Gasteiger partial charge in [-0.05, 0) is 32.0 Å². The van der Waals surface area contributed by atoms with Gasteiger partial charge < -0.3 is 4.74 Å². The summed E-state index contributed by atoms with van der Waals surface area (Å²) in [5.74, 6) is -0.957. The molecule has 11 heteroatoms. The van der Waals surface area contributed by atoms with Gasteiger partial charge in [0.15, 0.2) is 0 Å². The maximum atomic E-state index is 13.1. The number of rotatable bonds is 5. The second-order valence-electron chi connectivity index (χ2n) is 5.60. The molecule has 0 saturated heterocycles. The molecule has 0 unspecified atom stereocenters. The van der Waals surface area contributed by atoms with Crippen LogP contribution in [0.2, 0.25) is 5.02 Å². The van der Waals surface area contributed by atoms with Gasteiger partial charge in [-0.2, -0.15) is 13.2 Å². The van der Waals surface area contributed by atoms with Crippen molar-refractivity contribution < 1.29 is 31.1 Å². The predicted molar refractivity (Wildman–Crippen MR) is 91.1 cm³/mol. The van der Waals surface area contributed by atoms with E-state index >= 15 is 0 Å². The fourth-order valence-electron chi connectivity index (χ4n) is 2.06. The number of hydrogen-bond acceptors (Lipinski definition) is 5. The molecule has 0 spiro atoms. The predicted octanol–water partition coefficient (Wildman–Crippen LogP) is 3.66. The molecule has 146 valence electrons. The third kappa shape index (κ3) is 5.10. The molecule has 0 aliphatic rings. The van der Waals surface area contributed by atoms with Crippen molar-refractivity contribution in [3.8, 4) is 5.88 Å². The summed E-state index contributed by atoms with van der Waals surface area (Å²) in [5.41, 5.74) is -1.66. The number of alkyl halides is 3. The van der Waals surface area contributed by atoms with Gasteiger partial charge in [0.25, 0.3) is 15.9 Å². The van der Waals surface area contributed by atoms with Crippen LogP contribution < -0.4 is 9.46 Å². The van der Waals surface area contributed by atoms with Crippen molar-refractivity contribution in [1.82, 2.24) is 9.71 Å². The Balaban J connectivity index is 2.33. The first-order valence-electron chi connectivity index (χ1n) is 7.47. The van der Waals surface area contributed by atoms with Gasteiger partial charge in [-0.15, -0.1) is 0 Å². The number of carbonyl (C=O) groups excluding carboxylic acids is 1. The minimum atomic E-state index is -4.98. The summed E-state index contributed by atoms with van der Waals surface area (Å²) in [6.07, 6.45) is -4.10. The van der Waals surface area contributed by atoms with Crippen molar-refractivity contribution in [3.05, 3.63) is 52.7 Å². The van der Waals surface area contributed by atoms with E-state index in [1.807, 2.05) is 0 Å². The molecule has 0 aliphatic heterocycles. The summed E-state index contributed by atoms with van der Waals surface area (Å²) in [6.45, 7) is 3.52. The standard InChI is InChI=1S/C16H14ClF3N2O4S/c1-9(2)26-13-7-6-10(8-21-13)15(23)22-27(24,25)14-11(16(18,19)20)4-3-5-12(14)17/h3-9H,1-2H3,(H,22,23). The highest BCUT2D eigenvalue weighted by Gasteiger charge is 2.39. The van der Waals surface area contributed by atoms with Gasteiger partial charge in [0.1, 0.15) is 4.90 Å². The van der Waals surface area contributed by atoms with E-state index in [1.165, 1.54) is 12.1 Å². The Labute approximate surface area is 158 Å². The monoisotopic (exact) mass is 422 g/mol. The summed E-state index contributed by atoms with van der Waals surface area (Å²) in [7, 11) is -4.89. The molecular weight excluding hydrogens is 409 g/mol. The smallest absolute Gasteiger partial charge is 0.417 e. The SMILES string of the molecule is CC(C)Oc1ccc(C(=O)NS(=O)(=O)c2c(Cl)cccc2C(F)(F)F)cn1. The maximum Gasteiger partial charge on any atom is 0.417 e. The Bertz CT molecular complexity index is 945. The van der Waals surface area contributed by atoms with E-state index < -0.39 is 37.6 Å². The van der Waals surface area contributed by atoms with Crippen molar-refractivity contribution in [2.45, 2.75) is 31.0 Å². The Kier molecular flexibility index (Phi) is 6.01. The molecule has 1 amide bonds. The molecule has 0 aliphatic carbocycles. The van der Waals surface area contributed by atoms with Crippen LogP contribution in [0.4, 0.5) is 13.2 Å². The van der Waals surface area contributed by atoms with Crippen LogP contribution in [0, 0.1) is 0 Å². The summed E-state index contributed by atoms with van der Waals surface area (Å²) in [4.78, 5) is 14.8. The minimum absolute atomic E-state index is 0.168. The largest absolute Gasteiger partial charge is 0.475 e. The molecule has 0 bridgehead atoms. The van der Waals surface area contributed by atoms with Crippen LogP contribution in [0.1, 0.15) is 29.8 Å². The molecule has 0 saturated carbocycles. The van der Waals surface area contributed by atoms with Crippen molar-refractivity contribution >= 4 is 27.5 Å². The lowest BCUT2D eigenvalue weighted by Crippen LogP contribution is -2.32. The molecule has 2 rings (SSSR count). The molecule has 0 atom stereocenters. The number of amides is 1. The molecule has 27 heavy (non-hydrogen) atoms. The highest BCUT2D eigenvalue weighted by Crippen LogP contribution is 2.37. The van der Waals surface area contributed by atoms with E-state index in [0.29, 0.717) is 6.07 Å². The number of benzene rings is 1. The summed E-state index contributed by atoms with van der Waals surface area (Å²) >= 11 is 5.66. The van der Waals surface area contributed by atoms with Gasteiger partial charge in [0.2, 0.25) is 5.88 Å². The van der Waals surface area contributed by atoms with E-state index in [1.54, 1.807) is 18.6 Å². The topological polar surface area (TPSA) is 85.4 Å². The van der Waals surface area contributed by atoms with Gasteiger partial charge in [-0.25, -0.2) is 18.1 Å². The molecular formula is C16H14ClF3N2O4S. The maximum absolute atomic E-state index is 13.1. The number of carbonyl (C=O) groups is 1. The summed E-state index contributed by atoms with van der Waals surface area (Å²) in [6, 6.07) is 5.06.